The first kappa shape index (κ1) is 28.0. The first-order valence-corrected chi connectivity index (χ1v) is 17.3. The van der Waals surface area contributed by atoms with Crippen molar-refractivity contribution in [2.75, 3.05) is 5.32 Å². The summed E-state index contributed by atoms with van der Waals surface area (Å²) in [5.74, 6) is 3.22. The van der Waals surface area contributed by atoms with Gasteiger partial charge in [-0.2, -0.15) is 0 Å². The number of aromatic nitrogens is 2. The van der Waals surface area contributed by atoms with Gasteiger partial charge in [-0.1, -0.05) is 83.6 Å². The summed E-state index contributed by atoms with van der Waals surface area (Å²) >= 11 is 0. The minimum atomic E-state index is 0.0280. The second kappa shape index (κ2) is 11.4. The van der Waals surface area contributed by atoms with Gasteiger partial charge in [0.1, 0.15) is 5.82 Å². The number of H-pyrrole nitrogens is 1. The van der Waals surface area contributed by atoms with E-state index in [9.17, 15) is 0 Å². The molecule has 7 rings (SSSR count). The number of nitrogens with one attached hydrogen (secondary N) is 2. The molecule has 4 aliphatic rings. The quantitative estimate of drug-likeness (QED) is 0.246. The van der Waals surface area contributed by atoms with E-state index in [0.717, 1.165) is 11.4 Å². The number of allylic oxidation sites excluding steroid dienone is 1. The topological polar surface area (TPSA) is 40.7 Å². The highest BCUT2D eigenvalue weighted by atomic mass is 14.9. The van der Waals surface area contributed by atoms with Crippen LogP contribution in [0.5, 0.6) is 0 Å². The first-order valence-electron chi connectivity index (χ1n) is 17.3. The highest BCUT2D eigenvalue weighted by Gasteiger charge is 2.41. The Balaban J connectivity index is 1.24. The SMILES string of the molecule is CC(C)(C)C1CCC(c2ccc3c(c2)C=C=C(C2CCCCCC2)N3)(c2ccc3nc(C4CCCCC4)[nH]c3c2)CC1. The summed E-state index contributed by atoms with van der Waals surface area (Å²) in [7, 11) is 0. The van der Waals surface area contributed by atoms with Crippen molar-refractivity contribution in [3.8, 4) is 0 Å². The molecule has 3 fully saturated rings. The molecule has 0 saturated heterocycles. The van der Waals surface area contributed by atoms with Crippen LogP contribution < -0.4 is 5.32 Å². The maximum Gasteiger partial charge on any atom is 0.110 e. The normalized spacial score (nSPS) is 26.0. The Morgan fingerprint density at radius 2 is 1.40 bits per heavy atom. The van der Waals surface area contributed by atoms with Gasteiger partial charge in [0, 0.05) is 28.5 Å². The molecular weight excluding hydrogens is 510 g/mol. The fourth-order valence-electron chi connectivity index (χ4n) is 8.84. The Hall–Kier alpha value is -2.77. The van der Waals surface area contributed by atoms with E-state index < -0.39 is 0 Å². The third-order valence-corrected chi connectivity index (χ3v) is 11.6. The zero-order chi connectivity index (χ0) is 28.7. The van der Waals surface area contributed by atoms with Crippen LogP contribution in [0.4, 0.5) is 5.69 Å². The minimum absolute atomic E-state index is 0.0280. The molecule has 0 bridgehead atoms. The fraction of sp³-hybridized carbons (Fsp3) is 0.590. The van der Waals surface area contributed by atoms with Gasteiger partial charge in [0.15, 0.2) is 0 Å². The van der Waals surface area contributed by atoms with E-state index in [4.69, 9.17) is 4.98 Å². The lowest BCUT2D eigenvalue weighted by Crippen LogP contribution is -2.36. The molecule has 3 nitrogen and oxygen atoms in total. The Morgan fingerprint density at radius 1 is 0.762 bits per heavy atom. The Bertz CT molecular complexity index is 1470. The number of imidazole rings is 1. The third-order valence-electron chi connectivity index (χ3n) is 11.6. The zero-order valence-corrected chi connectivity index (χ0v) is 26.3. The second-order valence-electron chi connectivity index (χ2n) is 15.2. The summed E-state index contributed by atoms with van der Waals surface area (Å²) in [5, 5.41) is 3.82. The third kappa shape index (κ3) is 5.39. The van der Waals surface area contributed by atoms with Gasteiger partial charge in [0.05, 0.1) is 16.7 Å². The first-order chi connectivity index (χ1) is 20.4. The van der Waals surface area contributed by atoms with Gasteiger partial charge >= 0.3 is 0 Å². The predicted octanol–water partition coefficient (Wildman–Crippen LogP) is 11.0. The van der Waals surface area contributed by atoms with Crippen molar-refractivity contribution < 1.29 is 0 Å². The van der Waals surface area contributed by atoms with E-state index in [2.05, 4.69) is 79.3 Å². The summed E-state index contributed by atoms with van der Waals surface area (Å²) in [5.41, 5.74) is 13.3. The second-order valence-corrected chi connectivity index (χ2v) is 15.2. The number of nitrogens with zero attached hydrogens (tertiary/aromatic N) is 1. The molecule has 3 aliphatic carbocycles. The molecule has 0 spiro atoms. The van der Waals surface area contributed by atoms with Crippen molar-refractivity contribution in [3.63, 3.8) is 0 Å². The average Bonchev–Trinajstić information content (AvgIpc) is 3.26. The molecule has 42 heavy (non-hydrogen) atoms. The standard InChI is InChI=1S/C39H51N3/c1-38(2,3)30-21-23-39(24-22-30,32-17-20-35-36(26-32)42-37(41-35)28-13-9-6-10-14-28)31-16-19-34-29(25-31)15-18-33(40-34)27-11-7-4-5-8-12-27/h15-17,19-20,25-28,30,40H,4-14,21-24H2,1-3H3,(H,41,42). The lowest BCUT2D eigenvalue weighted by atomic mass is 9.59. The molecule has 0 unspecified atom stereocenters. The van der Waals surface area contributed by atoms with Crippen molar-refractivity contribution in [2.45, 2.75) is 128 Å². The molecular formula is C39H51N3. The van der Waals surface area contributed by atoms with E-state index in [0.29, 0.717) is 17.3 Å². The molecule has 0 amide bonds. The molecule has 222 valence electrons. The van der Waals surface area contributed by atoms with Crippen LogP contribution in [0.15, 0.2) is 47.8 Å². The molecule has 3 heteroatoms. The van der Waals surface area contributed by atoms with Crippen LogP contribution in [0.3, 0.4) is 0 Å². The van der Waals surface area contributed by atoms with E-state index in [1.54, 1.807) is 0 Å². The molecule has 2 heterocycles. The largest absolute Gasteiger partial charge is 0.352 e. The van der Waals surface area contributed by atoms with E-state index in [1.807, 2.05) is 0 Å². The number of benzene rings is 2. The molecule has 1 aromatic heterocycles. The summed E-state index contributed by atoms with van der Waals surface area (Å²) in [6, 6.07) is 14.5. The van der Waals surface area contributed by atoms with E-state index >= 15 is 0 Å². The van der Waals surface area contributed by atoms with Crippen LogP contribution in [-0.4, -0.2) is 9.97 Å². The number of rotatable bonds is 4. The lowest BCUT2D eigenvalue weighted by molar-refractivity contribution is 0.146. The number of aromatic amines is 1. The maximum absolute atomic E-state index is 5.09. The van der Waals surface area contributed by atoms with Crippen molar-refractivity contribution in [3.05, 3.63) is 70.3 Å². The van der Waals surface area contributed by atoms with Gasteiger partial charge in [-0.05, 0) is 104 Å². The Kier molecular flexibility index (Phi) is 7.60. The number of anilines is 1. The van der Waals surface area contributed by atoms with Crippen molar-refractivity contribution in [2.24, 2.45) is 17.3 Å². The molecule has 1 aliphatic heterocycles. The monoisotopic (exact) mass is 561 g/mol. The maximum atomic E-state index is 5.09. The van der Waals surface area contributed by atoms with E-state index in [1.165, 1.54) is 136 Å². The van der Waals surface area contributed by atoms with Gasteiger partial charge in [-0.25, -0.2) is 4.98 Å². The number of hydrogen-bond acceptors (Lipinski definition) is 2. The number of fused-ring (bicyclic) bond motifs is 2. The van der Waals surface area contributed by atoms with E-state index in [-0.39, 0.29) is 5.41 Å². The predicted molar refractivity (Wildman–Crippen MR) is 177 cm³/mol. The van der Waals surface area contributed by atoms with Crippen LogP contribution in [0, 0.1) is 17.3 Å². The van der Waals surface area contributed by atoms with Crippen LogP contribution in [0.1, 0.15) is 146 Å². The van der Waals surface area contributed by atoms with Crippen molar-refractivity contribution in [1.82, 2.24) is 9.97 Å². The fourth-order valence-corrected chi connectivity index (χ4v) is 8.84. The zero-order valence-electron chi connectivity index (χ0n) is 26.3. The van der Waals surface area contributed by atoms with Gasteiger partial charge in [-0.3, -0.25) is 0 Å². The van der Waals surface area contributed by atoms with Crippen molar-refractivity contribution >= 4 is 22.8 Å². The van der Waals surface area contributed by atoms with Crippen LogP contribution in [0.25, 0.3) is 17.1 Å². The van der Waals surface area contributed by atoms with Crippen LogP contribution >= 0.6 is 0 Å². The summed E-state index contributed by atoms with van der Waals surface area (Å²) < 4.78 is 0. The van der Waals surface area contributed by atoms with Gasteiger partial charge < -0.3 is 10.3 Å². The summed E-state index contributed by atoms with van der Waals surface area (Å²) in [6.07, 6.45) is 21.9. The average molecular weight is 562 g/mol. The molecule has 3 aromatic rings. The highest BCUT2D eigenvalue weighted by molar-refractivity contribution is 5.77. The smallest absolute Gasteiger partial charge is 0.110 e. The Labute approximate surface area is 253 Å². The molecule has 3 saturated carbocycles. The molecule has 0 atom stereocenters. The van der Waals surface area contributed by atoms with Crippen LogP contribution in [0.2, 0.25) is 0 Å². The minimum Gasteiger partial charge on any atom is -0.352 e. The number of hydrogen-bond donors (Lipinski definition) is 2. The highest BCUT2D eigenvalue weighted by Crippen LogP contribution is 2.51. The van der Waals surface area contributed by atoms with Gasteiger partial charge in [-0.15, -0.1) is 0 Å². The van der Waals surface area contributed by atoms with Gasteiger partial charge in [0.2, 0.25) is 0 Å². The van der Waals surface area contributed by atoms with Gasteiger partial charge in [0.25, 0.3) is 0 Å². The Morgan fingerprint density at radius 3 is 2.12 bits per heavy atom. The summed E-state index contributed by atoms with van der Waals surface area (Å²) in [4.78, 5) is 8.89. The molecule has 2 aromatic carbocycles. The van der Waals surface area contributed by atoms with Crippen LogP contribution in [-0.2, 0) is 5.41 Å². The lowest BCUT2D eigenvalue weighted by Gasteiger charge is -2.45. The molecule has 2 N–H and O–H groups in total. The summed E-state index contributed by atoms with van der Waals surface area (Å²) in [6.45, 7) is 7.30. The van der Waals surface area contributed by atoms with Crippen molar-refractivity contribution in [1.29, 1.82) is 0 Å². The molecule has 0 radical (unpaired) electrons.